The maximum absolute atomic E-state index is 13.9. The summed E-state index contributed by atoms with van der Waals surface area (Å²) in [6.07, 6.45) is 3.08. The molecule has 2 amide bonds. The highest BCUT2D eigenvalue weighted by Crippen LogP contribution is 2.38. The molecular formula is C40H47Cl2N5O3SSi. The number of carbonyl (C=O) groups is 2. The minimum atomic E-state index is -2.74. The largest absolute Gasteiger partial charge is 0.407 e. The van der Waals surface area contributed by atoms with Gasteiger partial charge in [-0.15, -0.1) is 23.7 Å². The minimum Gasteiger partial charge on any atom is -0.407 e. The molecule has 7 rings (SSSR count). The lowest BCUT2D eigenvalue weighted by Crippen LogP contribution is -2.67. The molecular weight excluding hydrogens is 730 g/mol. The molecule has 2 aliphatic rings. The number of carbonyl (C=O) groups excluding carboxylic acids is 2. The molecule has 3 heterocycles. The number of likely N-dealkylation sites (N-methyl/N-ethyl adjacent to an activating group) is 1. The van der Waals surface area contributed by atoms with Gasteiger partial charge in [0, 0.05) is 59.0 Å². The molecule has 52 heavy (non-hydrogen) atoms. The number of fused-ring (bicyclic) bond motifs is 2. The molecule has 3 aromatic carbocycles. The third kappa shape index (κ3) is 7.88. The van der Waals surface area contributed by atoms with Crippen molar-refractivity contribution in [2.45, 2.75) is 70.1 Å². The Labute approximate surface area is 322 Å². The van der Waals surface area contributed by atoms with Gasteiger partial charge in [-0.1, -0.05) is 93.0 Å². The number of aromatic amines is 1. The van der Waals surface area contributed by atoms with Gasteiger partial charge in [0.25, 0.3) is 20.1 Å². The molecule has 0 spiro atoms. The molecule has 3 atom stereocenters. The smallest absolute Gasteiger partial charge is 0.280 e. The number of halogens is 2. The number of benzene rings is 3. The number of amides is 2. The van der Waals surface area contributed by atoms with E-state index in [-0.39, 0.29) is 47.3 Å². The monoisotopic (exact) mass is 775 g/mol. The second-order valence-corrected chi connectivity index (χ2v) is 20.9. The van der Waals surface area contributed by atoms with E-state index in [1.807, 2.05) is 18.2 Å². The maximum Gasteiger partial charge on any atom is 0.280 e. The number of thiazole rings is 1. The normalized spacial score (nSPS) is 19.4. The Balaban J connectivity index is 0.00000464. The maximum atomic E-state index is 13.9. The fourth-order valence-corrected chi connectivity index (χ4v) is 13.8. The Morgan fingerprint density at radius 2 is 1.63 bits per heavy atom. The van der Waals surface area contributed by atoms with Crippen LogP contribution in [0.15, 0.2) is 84.9 Å². The van der Waals surface area contributed by atoms with Crippen LogP contribution in [0, 0.1) is 5.92 Å². The van der Waals surface area contributed by atoms with E-state index < -0.39 is 8.32 Å². The standard InChI is InChI=1S/C40H46ClN5O3SSi.ClH/c1-40(2,3)51(29-11-7-5-8-12-29,30-13-9-6-10-14-30)49-25-26-15-17-32(43-37(47)35-23-27-22-28(41)16-18-31(27)42-35)34(21-26)44-38(48)39-45-33-19-20-46(4)24-36(33)50-39;/h5-14,16,18,22-23,26,32,34,42H,15,17,19-21,24-25H2,1-4H3,(H,43,47)(H,44,48);1H/t26?,32?,34-;/m0./s1. The third-order valence-corrected chi connectivity index (χ3v) is 16.8. The molecule has 1 saturated carbocycles. The summed E-state index contributed by atoms with van der Waals surface area (Å²) in [6, 6.07) is 28.2. The first-order valence-electron chi connectivity index (χ1n) is 17.8. The third-order valence-electron chi connectivity index (χ3n) is 10.5. The predicted molar refractivity (Wildman–Crippen MR) is 216 cm³/mol. The van der Waals surface area contributed by atoms with Crippen molar-refractivity contribution < 1.29 is 14.0 Å². The van der Waals surface area contributed by atoms with Gasteiger partial charge in [-0.3, -0.25) is 9.59 Å². The fourth-order valence-electron chi connectivity index (χ4n) is 7.87. The molecule has 3 N–H and O–H groups in total. The Morgan fingerprint density at radius 3 is 2.31 bits per heavy atom. The zero-order valence-electron chi connectivity index (χ0n) is 30.1. The molecule has 2 aromatic heterocycles. The molecule has 0 saturated heterocycles. The van der Waals surface area contributed by atoms with E-state index in [2.05, 4.69) is 109 Å². The van der Waals surface area contributed by atoms with Crippen LogP contribution in [0.3, 0.4) is 0 Å². The number of nitrogens with one attached hydrogen (secondary N) is 3. The van der Waals surface area contributed by atoms with Crippen LogP contribution in [0.4, 0.5) is 0 Å². The van der Waals surface area contributed by atoms with Gasteiger partial charge in [-0.05, 0) is 71.9 Å². The molecule has 8 nitrogen and oxygen atoms in total. The van der Waals surface area contributed by atoms with Crippen LogP contribution in [0.25, 0.3) is 10.9 Å². The van der Waals surface area contributed by atoms with Gasteiger partial charge >= 0.3 is 0 Å². The average molecular weight is 777 g/mol. The number of aromatic nitrogens is 2. The quantitative estimate of drug-likeness (QED) is 0.141. The van der Waals surface area contributed by atoms with Gasteiger partial charge in [0.2, 0.25) is 0 Å². The lowest BCUT2D eigenvalue weighted by atomic mass is 9.82. The van der Waals surface area contributed by atoms with Crippen LogP contribution >= 0.6 is 35.3 Å². The highest BCUT2D eigenvalue weighted by atomic mass is 35.5. The summed E-state index contributed by atoms with van der Waals surface area (Å²) in [5, 5.41) is 10.9. The van der Waals surface area contributed by atoms with E-state index in [9.17, 15) is 9.59 Å². The average Bonchev–Trinajstić information content (AvgIpc) is 3.74. The molecule has 0 bridgehead atoms. The van der Waals surface area contributed by atoms with Gasteiger partial charge in [0.15, 0.2) is 5.01 Å². The zero-order valence-corrected chi connectivity index (χ0v) is 33.5. The number of hydrogen-bond donors (Lipinski definition) is 3. The Bertz CT molecular complexity index is 1980. The topological polar surface area (TPSA) is 99.3 Å². The molecule has 1 aliphatic heterocycles. The number of H-pyrrole nitrogens is 1. The molecule has 1 aliphatic carbocycles. The van der Waals surface area contributed by atoms with Crippen molar-refractivity contribution in [3.05, 3.63) is 111 Å². The Hall–Kier alpha value is -3.51. The van der Waals surface area contributed by atoms with Gasteiger partial charge in [-0.25, -0.2) is 4.98 Å². The van der Waals surface area contributed by atoms with E-state index >= 15 is 0 Å². The van der Waals surface area contributed by atoms with Crippen molar-refractivity contribution in [1.82, 2.24) is 25.5 Å². The highest BCUT2D eigenvalue weighted by Gasteiger charge is 2.50. The number of hydrogen-bond acceptors (Lipinski definition) is 6. The van der Waals surface area contributed by atoms with Crippen molar-refractivity contribution in [2.24, 2.45) is 5.92 Å². The minimum absolute atomic E-state index is 0. The van der Waals surface area contributed by atoms with Crippen molar-refractivity contribution in [1.29, 1.82) is 0 Å². The number of rotatable bonds is 9. The summed E-state index contributed by atoms with van der Waals surface area (Å²) in [4.78, 5) is 38.9. The van der Waals surface area contributed by atoms with Crippen LogP contribution < -0.4 is 21.0 Å². The lowest BCUT2D eigenvalue weighted by molar-refractivity contribution is 0.0820. The van der Waals surface area contributed by atoms with Gasteiger partial charge in [0.1, 0.15) is 5.69 Å². The zero-order chi connectivity index (χ0) is 35.8. The van der Waals surface area contributed by atoms with Crippen LogP contribution in [-0.2, 0) is 17.4 Å². The van der Waals surface area contributed by atoms with Crippen LogP contribution in [-0.4, -0.2) is 67.3 Å². The van der Waals surface area contributed by atoms with Crippen molar-refractivity contribution in [3.8, 4) is 0 Å². The molecule has 5 aromatic rings. The summed E-state index contributed by atoms with van der Waals surface area (Å²) < 4.78 is 7.35. The second kappa shape index (κ2) is 15.8. The molecule has 0 radical (unpaired) electrons. The summed E-state index contributed by atoms with van der Waals surface area (Å²) in [7, 11) is -0.651. The van der Waals surface area contributed by atoms with E-state index in [0.29, 0.717) is 35.2 Å². The molecule has 2 unspecified atom stereocenters. The van der Waals surface area contributed by atoms with Gasteiger partial charge in [-0.2, -0.15) is 0 Å². The van der Waals surface area contributed by atoms with E-state index in [4.69, 9.17) is 21.0 Å². The summed E-state index contributed by atoms with van der Waals surface area (Å²) in [5.74, 6) is -0.213. The van der Waals surface area contributed by atoms with Crippen LogP contribution in [0.5, 0.6) is 0 Å². The highest BCUT2D eigenvalue weighted by molar-refractivity contribution is 7.13. The van der Waals surface area contributed by atoms with Crippen molar-refractivity contribution >= 4 is 76.8 Å². The molecule has 12 heteroatoms. The summed E-state index contributed by atoms with van der Waals surface area (Å²) >= 11 is 7.69. The van der Waals surface area contributed by atoms with Crippen molar-refractivity contribution in [2.75, 3.05) is 20.2 Å². The van der Waals surface area contributed by atoms with E-state index in [0.717, 1.165) is 47.4 Å². The lowest BCUT2D eigenvalue weighted by Gasteiger charge is -2.45. The fraction of sp³-hybridized carbons (Fsp3) is 0.375. The second-order valence-electron chi connectivity index (χ2n) is 15.1. The Morgan fingerprint density at radius 1 is 0.962 bits per heavy atom. The first-order valence-corrected chi connectivity index (χ1v) is 20.9. The summed E-state index contributed by atoms with van der Waals surface area (Å²) in [6.45, 7) is 9.16. The van der Waals surface area contributed by atoms with Crippen LogP contribution in [0.2, 0.25) is 10.1 Å². The number of nitrogens with zero attached hydrogens (tertiary/aromatic N) is 2. The first-order chi connectivity index (χ1) is 24.5. The van der Waals surface area contributed by atoms with Crippen LogP contribution in [0.1, 0.15) is 70.9 Å². The van der Waals surface area contributed by atoms with E-state index in [1.165, 1.54) is 21.7 Å². The summed E-state index contributed by atoms with van der Waals surface area (Å²) in [5.41, 5.74) is 2.33. The van der Waals surface area contributed by atoms with Gasteiger partial charge in [0.05, 0.1) is 5.69 Å². The van der Waals surface area contributed by atoms with Gasteiger partial charge < -0.3 is 24.9 Å². The van der Waals surface area contributed by atoms with Crippen molar-refractivity contribution in [3.63, 3.8) is 0 Å². The first kappa shape index (κ1) is 38.2. The Kier molecular flexibility index (Phi) is 11.6. The van der Waals surface area contributed by atoms with E-state index in [1.54, 1.807) is 6.07 Å². The molecule has 274 valence electrons. The predicted octanol–water partition coefficient (Wildman–Crippen LogP) is 6.96. The SMILES string of the molecule is CN1CCc2nc(C(=O)N[C@H]3CC(CO[Si](c4ccccc4)(c4ccccc4)C(C)(C)C)CCC3NC(=O)c3cc4cc(Cl)ccc4[nH]3)sc2C1.Cl. The molecule has 1 fully saturated rings.